The van der Waals surface area contributed by atoms with Crippen LogP contribution in [0.3, 0.4) is 0 Å². The van der Waals surface area contributed by atoms with E-state index in [0.29, 0.717) is 12.8 Å². The van der Waals surface area contributed by atoms with Crippen molar-refractivity contribution >= 4 is 0 Å². The Hall–Kier alpha value is -1.77. The summed E-state index contributed by atoms with van der Waals surface area (Å²) >= 11 is 0. The van der Waals surface area contributed by atoms with Gasteiger partial charge in [-0.3, -0.25) is 0 Å². The Balaban J connectivity index is 1.75. The largest absolute Gasteiger partial charge is 0.394 e. The molecular formula is C23H27F3. The van der Waals surface area contributed by atoms with Crippen LogP contribution in [-0.2, 0) is 0 Å². The molecule has 1 aliphatic rings. The Morgan fingerprint density at radius 3 is 1.81 bits per heavy atom. The maximum Gasteiger partial charge on any atom is 0.394 e. The molecule has 0 saturated heterocycles. The van der Waals surface area contributed by atoms with Crippen molar-refractivity contribution in [3.8, 4) is 11.1 Å². The van der Waals surface area contributed by atoms with Gasteiger partial charge >= 0.3 is 6.18 Å². The summed E-state index contributed by atoms with van der Waals surface area (Å²) in [7, 11) is 0. The maximum absolute atomic E-state index is 13.2. The maximum atomic E-state index is 13.2. The summed E-state index contributed by atoms with van der Waals surface area (Å²) in [6, 6.07) is 12.8. The van der Waals surface area contributed by atoms with E-state index >= 15 is 0 Å². The highest BCUT2D eigenvalue weighted by Gasteiger charge is 2.52. The molecule has 1 aliphatic carbocycles. The van der Waals surface area contributed by atoms with E-state index in [1.807, 2.05) is 0 Å². The van der Waals surface area contributed by atoms with Crippen LogP contribution in [0.2, 0.25) is 0 Å². The summed E-state index contributed by atoms with van der Waals surface area (Å²) in [5.41, 5.74) is 5.89. The topological polar surface area (TPSA) is 0 Å². The molecule has 3 rings (SSSR count). The molecule has 0 nitrogen and oxygen atoms in total. The first-order chi connectivity index (χ1) is 12.1. The molecule has 0 bridgehead atoms. The zero-order chi connectivity index (χ0) is 19.1. The van der Waals surface area contributed by atoms with Crippen LogP contribution in [-0.4, -0.2) is 6.18 Å². The molecule has 0 spiro atoms. The van der Waals surface area contributed by atoms with Crippen molar-refractivity contribution in [3.63, 3.8) is 0 Å². The molecule has 0 aromatic heterocycles. The van der Waals surface area contributed by atoms with Crippen LogP contribution in [0.1, 0.15) is 60.8 Å². The first-order valence-corrected chi connectivity index (χ1v) is 9.36. The van der Waals surface area contributed by atoms with Gasteiger partial charge in [0, 0.05) is 0 Å². The monoisotopic (exact) mass is 360 g/mol. The predicted octanol–water partition coefficient (Wildman–Crippen LogP) is 7.51. The Bertz CT molecular complexity index is 753. The fourth-order valence-corrected chi connectivity index (χ4v) is 4.02. The summed E-state index contributed by atoms with van der Waals surface area (Å²) in [5.74, 6) is 0.237. The minimum atomic E-state index is -4.09. The highest BCUT2D eigenvalue weighted by atomic mass is 19.4. The van der Waals surface area contributed by atoms with E-state index < -0.39 is 11.6 Å². The Labute approximate surface area is 154 Å². The van der Waals surface area contributed by atoms with E-state index in [-0.39, 0.29) is 18.8 Å². The smallest absolute Gasteiger partial charge is 0.171 e. The van der Waals surface area contributed by atoms with Crippen molar-refractivity contribution in [1.29, 1.82) is 0 Å². The van der Waals surface area contributed by atoms with Crippen LogP contribution in [0.25, 0.3) is 11.1 Å². The van der Waals surface area contributed by atoms with Gasteiger partial charge in [-0.1, -0.05) is 43.3 Å². The lowest BCUT2D eigenvalue weighted by molar-refractivity contribution is -0.228. The minimum Gasteiger partial charge on any atom is -0.171 e. The number of benzene rings is 2. The van der Waals surface area contributed by atoms with E-state index in [9.17, 15) is 13.2 Å². The molecule has 0 N–H and O–H groups in total. The van der Waals surface area contributed by atoms with Gasteiger partial charge < -0.3 is 0 Å². The molecular weight excluding hydrogens is 333 g/mol. The zero-order valence-electron chi connectivity index (χ0n) is 16.0. The fraction of sp³-hybridized carbons (Fsp3) is 0.478. The second-order valence-electron chi connectivity index (χ2n) is 8.19. The molecule has 2 aromatic carbocycles. The van der Waals surface area contributed by atoms with Crippen LogP contribution in [0, 0.1) is 26.2 Å². The fourth-order valence-electron chi connectivity index (χ4n) is 4.02. The molecule has 0 radical (unpaired) electrons. The van der Waals surface area contributed by atoms with Crippen LogP contribution >= 0.6 is 0 Å². The van der Waals surface area contributed by atoms with Gasteiger partial charge in [-0.2, -0.15) is 13.2 Å². The average Bonchev–Trinajstić information content (AvgIpc) is 2.59. The van der Waals surface area contributed by atoms with Gasteiger partial charge in [0.1, 0.15) is 0 Å². The summed E-state index contributed by atoms with van der Waals surface area (Å²) in [6.45, 7) is 7.75. The molecule has 2 aromatic rings. The summed E-state index contributed by atoms with van der Waals surface area (Å²) < 4.78 is 39.6. The summed E-state index contributed by atoms with van der Waals surface area (Å²) in [5, 5.41) is 0. The zero-order valence-corrected chi connectivity index (χ0v) is 16.0. The SMILES string of the molecule is Cc1cc(-c2ccc(C3CCC(C)(C(F)(F)F)CC3)cc2)cc(C)c1C. The first-order valence-electron chi connectivity index (χ1n) is 9.36. The van der Waals surface area contributed by atoms with E-state index in [1.54, 1.807) is 0 Å². The second kappa shape index (κ2) is 6.75. The van der Waals surface area contributed by atoms with Crippen LogP contribution in [0.5, 0.6) is 0 Å². The third kappa shape index (κ3) is 3.54. The van der Waals surface area contributed by atoms with Crippen LogP contribution < -0.4 is 0 Å². The van der Waals surface area contributed by atoms with E-state index in [1.165, 1.54) is 34.7 Å². The van der Waals surface area contributed by atoms with Crippen molar-refractivity contribution in [2.24, 2.45) is 5.41 Å². The first kappa shape index (κ1) is 19.0. The Morgan fingerprint density at radius 2 is 1.35 bits per heavy atom. The van der Waals surface area contributed by atoms with Crippen molar-refractivity contribution in [2.45, 2.75) is 65.5 Å². The van der Waals surface area contributed by atoms with Gasteiger partial charge in [0.15, 0.2) is 0 Å². The predicted molar refractivity (Wildman–Crippen MR) is 101 cm³/mol. The second-order valence-corrected chi connectivity index (χ2v) is 8.19. The quantitative estimate of drug-likeness (QED) is 0.520. The van der Waals surface area contributed by atoms with Gasteiger partial charge in [0.2, 0.25) is 0 Å². The average molecular weight is 360 g/mol. The third-order valence-corrected chi connectivity index (χ3v) is 6.42. The Morgan fingerprint density at radius 1 is 0.846 bits per heavy atom. The highest BCUT2D eigenvalue weighted by Crippen LogP contribution is 2.51. The van der Waals surface area contributed by atoms with Crippen LogP contribution in [0.15, 0.2) is 36.4 Å². The lowest BCUT2D eigenvalue weighted by atomic mass is 9.69. The highest BCUT2D eigenvalue weighted by molar-refractivity contribution is 5.66. The molecule has 1 saturated carbocycles. The number of aryl methyl sites for hydroxylation is 2. The number of halogens is 3. The standard InChI is InChI=1S/C23H27F3/c1-15-13-21(14-16(2)17(15)3)19-7-5-18(6-8-19)20-9-11-22(4,12-10-20)23(24,25)26/h5-8,13-14,20H,9-12H2,1-4H3. The normalized spacial score (nSPS) is 23.9. The van der Waals surface area contributed by atoms with Gasteiger partial charge in [-0.05, 0) is 85.8 Å². The van der Waals surface area contributed by atoms with Crippen LogP contribution in [0.4, 0.5) is 13.2 Å². The molecule has 140 valence electrons. The Kier molecular flexibility index (Phi) is 4.94. The summed E-state index contributed by atoms with van der Waals surface area (Å²) in [4.78, 5) is 0. The molecule has 0 unspecified atom stereocenters. The molecule has 0 atom stereocenters. The van der Waals surface area contributed by atoms with E-state index in [4.69, 9.17) is 0 Å². The van der Waals surface area contributed by atoms with Gasteiger partial charge in [-0.15, -0.1) is 0 Å². The lowest BCUT2D eigenvalue weighted by Gasteiger charge is -2.38. The third-order valence-electron chi connectivity index (χ3n) is 6.42. The molecule has 0 aliphatic heterocycles. The molecule has 26 heavy (non-hydrogen) atoms. The number of rotatable bonds is 2. The van der Waals surface area contributed by atoms with Crippen molar-refractivity contribution in [3.05, 3.63) is 58.7 Å². The van der Waals surface area contributed by atoms with E-state index in [0.717, 1.165) is 5.56 Å². The molecule has 0 amide bonds. The molecule has 1 fully saturated rings. The summed E-state index contributed by atoms with van der Waals surface area (Å²) in [6.07, 6.45) is -2.43. The van der Waals surface area contributed by atoms with Gasteiger partial charge in [0.25, 0.3) is 0 Å². The number of hydrogen-bond acceptors (Lipinski definition) is 0. The van der Waals surface area contributed by atoms with Crippen molar-refractivity contribution < 1.29 is 13.2 Å². The van der Waals surface area contributed by atoms with E-state index in [2.05, 4.69) is 57.2 Å². The molecule has 0 heterocycles. The number of alkyl halides is 3. The van der Waals surface area contributed by atoms with Gasteiger partial charge in [0.05, 0.1) is 5.41 Å². The molecule has 3 heteroatoms. The van der Waals surface area contributed by atoms with Crippen molar-refractivity contribution in [2.75, 3.05) is 0 Å². The van der Waals surface area contributed by atoms with Crippen molar-refractivity contribution in [1.82, 2.24) is 0 Å². The minimum absolute atomic E-state index is 0.221. The van der Waals surface area contributed by atoms with Gasteiger partial charge in [-0.25, -0.2) is 0 Å². The lowest BCUT2D eigenvalue weighted by Crippen LogP contribution is -2.38. The number of hydrogen-bond donors (Lipinski definition) is 0.